The van der Waals surface area contributed by atoms with E-state index in [2.05, 4.69) is 5.43 Å². The summed E-state index contributed by atoms with van der Waals surface area (Å²) in [6.07, 6.45) is 3.70. The maximum Gasteiger partial charge on any atom is 0.285 e. The first-order chi connectivity index (χ1) is 12.9. The van der Waals surface area contributed by atoms with Gasteiger partial charge in [-0.1, -0.05) is 54.2 Å². The number of aromatic hydroxyl groups is 1. The zero-order chi connectivity index (χ0) is 19.4. The minimum atomic E-state index is -0.528. The standard InChI is InChI=1S/C20H16N2O3S2/c1-13(10-14-6-3-2-4-7-14)11-17-19(25)22(20(26)27-17)21-18(24)15-8-5-9-16(23)12-15/h2-12,23H,1H3,(H,21,24)/b13-10+,17-11-. The minimum Gasteiger partial charge on any atom is -0.508 e. The van der Waals surface area contributed by atoms with E-state index in [1.165, 1.54) is 18.2 Å². The number of phenolic OH excluding ortho intramolecular Hbond substituents is 1. The largest absolute Gasteiger partial charge is 0.508 e. The molecule has 5 nitrogen and oxygen atoms in total. The molecule has 1 fully saturated rings. The van der Waals surface area contributed by atoms with Gasteiger partial charge < -0.3 is 5.11 Å². The Bertz CT molecular complexity index is 968. The van der Waals surface area contributed by atoms with Crippen LogP contribution in [-0.4, -0.2) is 26.3 Å². The molecule has 3 rings (SSSR count). The summed E-state index contributed by atoms with van der Waals surface area (Å²) >= 11 is 6.34. The van der Waals surface area contributed by atoms with Crippen LogP contribution < -0.4 is 5.43 Å². The van der Waals surface area contributed by atoms with Crippen molar-refractivity contribution in [3.63, 3.8) is 0 Å². The summed E-state index contributed by atoms with van der Waals surface area (Å²) in [5, 5.41) is 10.5. The SMILES string of the molecule is CC(/C=C1\SC(=S)N(NC(=O)c2cccc(O)c2)C1=O)=C\c1ccccc1. The van der Waals surface area contributed by atoms with Crippen molar-refractivity contribution in [1.82, 2.24) is 10.4 Å². The lowest BCUT2D eigenvalue weighted by Gasteiger charge is -2.15. The predicted molar refractivity (Wildman–Crippen MR) is 111 cm³/mol. The van der Waals surface area contributed by atoms with Crippen LogP contribution in [0, 0.1) is 0 Å². The maximum absolute atomic E-state index is 12.6. The number of carbonyl (C=O) groups excluding carboxylic acids is 2. The fraction of sp³-hybridized carbons (Fsp3) is 0.0500. The molecule has 0 aromatic heterocycles. The van der Waals surface area contributed by atoms with Gasteiger partial charge in [0.05, 0.1) is 4.91 Å². The number of thiocarbonyl (C=S) groups is 1. The molecule has 0 unspecified atom stereocenters. The van der Waals surface area contributed by atoms with Crippen LogP contribution in [0.5, 0.6) is 5.75 Å². The van der Waals surface area contributed by atoms with E-state index in [9.17, 15) is 14.7 Å². The summed E-state index contributed by atoms with van der Waals surface area (Å²) in [4.78, 5) is 25.3. The molecule has 1 aliphatic heterocycles. The Balaban J connectivity index is 1.75. The van der Waals surface area contributed by atoms with Crippen LogP contribution in [0.25, 0.3) is 6.08 Å². The first-order valence-electron chi connectivity index (χ1n) is 8.05. The van der Waals surface area contributed by atoms with Crippen molar-refractivity contribution in [3.8, 4) is 5.75 Å². The molecule has 7 heteroatoms. The average Bonchev–Trinajstić information content (AvgIpc) is 2.89. The van der Waals surface area contributed by atoms with E-state index < -0.39 is 5.91 Å². The van der Waals surface area contributed by atoms with E-state index >= 15 is 0 Å². The molecule has 1 heterocycles. The lowest BCUT2D eigenvalue weighted by atomic mass is 10.1. The van der Waals surface area contributed by atoms with Gasteiger partial charge in [0.1, 0.15) is 5.75 Å². The summed E-state index contributed by atoms with van der Waals surface area (Å²) in [6, 6.07) is 15.6. The van der Waals surface area contributed by atoms with Gasteiger partial charge in [-0.2, -0.15) is 5.01 Å². The highest BCUT2D eigenvalue weighted by atomic mass is 32.2. The number of phenols is 1. The normalized spacial score (nSPS) is 16.1. The number of nitrogens with one attached hydrogen (secondary N) is 1. The topological polar surface area (TPSA) is 69.6 Å². The molecule has 2 aromatic rings. The Labute approximate surface area is 166 Å². The summed E-state index contributed by atoms with van der Waals surface area (Å²) in [6.45, 7) is 1.89. The number of hydrazine groups is 1. The second kappa shape index (κ2) is 8.20. The lowest BCUT2D eigenvalue weighted by molar-refractivity contribution is -0.123. The van der Waals surface area contributed by atoms with E-state index in [-0.39, 0.29) is 21.5 Å². The number of thioether (sulfide) groups is 1. The maximum atomic E-state index is 12.6. The summed E-state index contributed by atoms with van der Waals surface area (Å²) in [5.41, 5.74) is 4.63. The lowest BCUT2D eigenvalue weighted by Crippen LogP contribution is -2.44. The molecule has 2 aromatic carbocycles. The fourth-order valence-electron chi connectivity index (χ4n) is 2.44. The number of allylic oxidation sites excluding steroid dienone is 2. The van der Waals surface area contributed by atoms with Gasteiger partial charge in [0, 0.05) is 5.56 Å². The average molecular weight is 396 g/mol. The van der Waals surface area contributed by atoms with Crippen LogP contribution in [0.4, 0.5) is 0 Å². The predicted octanol–water partition coefficient (Wildman–Crippen LogP) is 3.88. The molecular formula is C20H16N2O3S2. The number of carbonyl (C=O) groups is 2. The van der Waals surface area contributed by atoms with Gasteiger partial charge in [-0.3, -0.25) is 15.0 Å². The highest BCUT2D eigenvalue weighted by molar-refractivity contribution is 8.26. The van der Waals surface area contributed by atoms with Gasteiger partial charge in [0.2, 0.25) is 0 Å². The van der Waals surface area contributed by atoms with Crippen LogP contribution in [0.15, 0.2) is 71.2 Å². The van der Waals surface area contributed by atoms with Crippen molar-refractivity contribution >= 4 is 46.2 Å². The van der Waals surface area contributed by atoms with Crippen molar-refractivity contribution in [2.45, 2.75) is 6.92 Å². The third-order valence-electron chi connectivity index (χ3n) is 3.67. The summed E-state index contributed by atoms with van der Waals surface area (Å²) in [7, 11) is 0. The molecule has 0 aliphatic carbocycles. The summed E-state index contributed by atoms with van der Waals surface area (Å²) < 4.78 is 0.243. The molecule has 136 valence electrons. The number of rotatable bonds is 4. The second-order valence-corrected chi connectivity index (χ2v) is 7.48. The van der Waals surface area contributed by atoms with E-state index in [1.54, 1.807) is 12.1 Å². The highest BCUT2D eigenvalue weighted by Gasteiger charge is 2.33. The van der Waals surface area contributed by atoms with Crippen molar-refractivity contribution in [1.29, 1.82) is 0 Å². The molecule has 2 N–H and O–H groups in total. The Hall–Kier alpha value is -2.90. The first-order valence-corrected chi connectivity index (χ1v) is 9.28. The van der Waals surface area contributed by atoms with Gasteiger partial charge in [0.15, 0.2) is 4.32 Å². The van der Waals surface area contributed by atoms with Crippen LogP contribution >= 0.6 is 24.0 Å². The third-order valence-corrected chi connectivity index (χ3v) is 4.97. The van der Waals surface area contributed by atoms with E-state index in [0.29, 0.717) is 4.91 Å². The molecule has 1 saturated heterocycles. The molecule has 2 amide bonds. The van der Waals surface area contributed by atoms with Crippen molar-refractivity contribution in [2.75, 3.05) is 0 Å². The number of hydrogen-bond acceptors (Lipinski definition) is 5. The van der Waals surface area contributed by atoms with Crippen LogP contribution in [-0.2, 0) is 4.79 Å². The van der Waals surface area contributed by atoms with Crippen molar-refractivity contribution < 1.29 is 14.7 Å². The molecule has 0 bridgehead atoms. The second-order valence-electron chi connectivity index (χ2n) is 5.81. The van der Waals surface area contributed by atoms with Crippen LogP contribution in [0.1, 0.15) is 22.8 Å². The Kier molecular flexibility index (Phi) is 5.73. The van der Waals surface area contributed by atoms with Gasteiger partial charge in [-0.15, -0.1) is 0 Å². The number of hydrogen-bond donors (Lipinski definition) is 2. The Morgan fingerprint density at radius 2 is 1.93 bits per heavy atom. The number of benzene rings is 2. The van der Waals surface area contributed by atoms with Gasteiger partial charge >= 0.3 is 0 Å². The fourth-order valence-corrected chi connectivity index (χ4v) is 3.67. The van der Waals surface area contributed by atoms with E-state index in [4.69, 9.17) is 12.2 Å². The Morgan fingerprint density at radius 1 is 1.19 bits per heavy atom. The van der Waals surface area contributed by atoms with E-state index in [0.717, 1.165) is 27.9 Å². The molecule has 0 spiro atoms. The third kappa shape index (κ3) is 4.64. The smallest absolute Gasteiger partial charge is 0.285 e. The van der Waals surface area contributed by atoms with Crippen molar-refractivity contribution in [2.24, 2.45) is 0 Å². The molecule has 27 heavy (non-hydrogen) atoms. The zero-order valence-electron chi connectivity index (χ0n) is 14.4. The molecule has 1 aliphatic rings. The molecule has 0 radical (unpaired) electrons. The van der Waals surface area contributed by atoms with Crippen molar-refractivity contribution in [3.05, 3.63) is 82.3 Å². The molecule has 0 atom stereocenters. The monoisotopic (exact) mass is 396 g/mol. The number of nitrogens with zero attached hydrogens (tertiary/aromatic N) is 1. The van der Waals surface area contributed by atoms with Gasteiger partial charge in [-0.25, -0.2) is 0 Å². The molecular weight excluding hydrogens is 380 g/mol. The van der Waals surface area contributed by atoms with Crippen LogP contribution in [0.2, 0.25) is 0 Å². The van der Waals surface area contributed by atoms with Gasteiger partial charge in [-0.05, 0) is 54.6 Å². The zero-order valence-corrected chi connectivity index (χ0v) is 16.0. The Morgan fingerprint density at radius 3 is 2.63 bits per heavy atom. The number of amides is 2. The quantitative estimate of drug-likeness (QED) is 0.606. The van der Waals surface area contributed by atoms with Crippen LogP contribution in [0.3, 0.4) is 0 Å². The highest BCUT2D eigenvalue weighted by Crippen LogP contribution is 2.31. The minimum absolute atomic E-state index is 0.0328. The van der Waals surface area contributed by atoms with Gasteiger partial charge in [0.25, 0.3) is 11.8 Å². The summed E-state index contributed by atoms with van der Waals surface area (Å²) in [5.74, 6) is -0.950. The molecule has 0 saturated carbocycles. The first kappa shape index (κ1) is 18.9. The van der Waals surface area contributed by atoms with E-state index in [1.807, 2.05) is 43.3 Å².